The molecule has 0 aliphatic heterocycles. The van der Waals surface area contributed by atoms with Gasteiger partial charge in [0.1, 0.15) is 0 Å². The van der Waals surface area contributed by atoms with Gasteiger partial charge in [0, 0.05) is 13.1 Å². The largest absolute Gasteiger partial charge is 0.338 e. The normalized spacial score (nSPS) is 10.2. The summed E-state index contributed by atoms with van der Waals surface area (Å²) in [7, 11) is 0. The van der Waals surface area contributed by atoms with E-state index in [2.05, 4.69) is 16.9 Å². The molecular weight excluding hydrogens is 256 g/mol. The highest BCUT2D eigenvalue weighted by Crippen LogP contribution is 2.03. The monoisotopic (exact) mass is 280 g/mol. The Labute approximate surface area is 120 Å². The summed E-state index contributed by atoms with van der Waals surface area (Å²) < 4.78 is 0. The molecule has 2 N–H and O–H groups in total. The molecule has 0 aliphatic carbocycles. The molecule has 1 aromatic rings. The zero-order valence-electron chi connectivity index (χ0n) is 11.7. The Morgan fingerprint density at radius 2 is 1.79 bits per heavy atom. The van der Waals surface area contributed by atoms with Crippen LogP contribution in [-0.2, 0) is 6.54 Å². The molecule has 0 aliphatic rings. The van der Waals surface area contributed by atoms with Gasteiger partial charge in [0.25, 0.3) is 0 Å². The first-order chi connectivity index (χ1) is 9.33. The van der Waals surface area contributed by atoms with Crippen LogP contribution < -0.4 is 10.6 Å². The van der Waals surface area contributed by atoms with Crippen molar-refractivity contribution in [2.24, 2.45) is 0 Å². The minimum atomic E-state index is -0.0760. The van der Waals surface area contributed by atoms with Crippen LogP contribution in [0.4, 0.5) is 4.79 Å². The maximum Gasteiger partial charge on any atom is 0.315 e. The van der Waals surface area contributed by atoms with Gasteiger partial charge in [-0.3, -0.25) is 0 Å². The summed E-state index contributed by atoms with van der Waals surface area (Å²) in [6, 6.07) is 9.86. The summed E-state index contributed by atoms with van der Waals surface area (Å²) in [5.74, 6) is 1.24. The summed E-state index contributed by atoms with van der Waals surface area (Å²) in [6.07, 6.45) is 6.93. The van der Waals surface area contributed by atoms with Crippen molar-refractivity contribution in [3.05, 3.63) is 35.9 Å². The van der Waals surface area contributed by atoms with Crippen molar-refractivity contribution < 1.29 is 4.79 Å². The van der Waals surface area contributed by atoms with Gasteiger partial charge in [-0.1, -0.05) is 43.2 Å². The summed E-state index contributed by atoms with van der Waals surface area (Å²) in [4.78, 5) is 11.5. The van der Waals surface area contributed by atoms with Gasteiger partial charge in [0.05, 0.1) is 0 Å². The molecule has 4 heteroatoms. The molecule has 0 saturated carbocycles. The first-order valence-electron chi connectivity index (χ1n) is 6.87. The molecule has 3 nitrogen and oxygen atoms in total. The number of amides is 2. The Balaban J connectivity index is 1.96. The van der Waals surface area contributed by atoms with Crippen LogP contribution >= 0.6 is 11.8 Å². The Hall–Kier alpha value is -1.16. The molecule has 0 saturated heterocycles. The smallest absolute Gasteiger partial charge is 0.315 e. The van der Waals surface area contributed by atoms with Gasteiger partial charge in [-0.2, -0.15) is 11.8 Å². The van der Waals surface area contributed by atoms with Crippen molar-refractivity contribution in [3.8, 4) is 0 Å². The molecule has 0 bridgehead atoms. The second kappa shape index (κ2) is 10.7. The SMILES string of the molecule is CSCCCCCCNC(=O)NCc1ccccc1. The fourth-order valence-corrected chi connectivity index (χ4v) is 2.26. The van der Waals surface area contributed by atoms with Gasteiger partial charge in [0.2, 0.25) is 0 Å². The zero-order chi connectivity index (χ0) is 13.8. The predicted octanol–water partition coefficient (Wildman–Crippen LogP) is 3.41. The molecule has 0 atom stereocenters. The van der Waals surface area contributed by atoms with E-state index in [1.54, 1.807) is 0 Å². The van der Waals surface area contributed by atoms with E-state index in [4.69, 9.17) is 0 Å². The van der Waals surface area contributed by atoms with E-state index >= 15 is 0 Å². The van der Waals surface area contributed by atoms with E-state index in [1.807, 2.05) is 42.1 Å². The molecule has 2 amide bonds. The number of rotatable bonds is 9. The number of carbonyl (C=O) groups excluding carboxylic acids is 1. The Kier molecular flexibility index (Phi) is 8.98. The first kappa shape index (κ1) is 15.9. The maximum atomic E-state index is 11.5. The number of carbonyl (C=O) groups is 1. The zero-order valence-corrected chi connectivity index (χ0v) is 12.5. The number of nitrogens with one attached hydrogen (secondary N) is 2. The molecule has 1 aromatic carbocycles. The van der Waals surface area contributed by atoms with Crippen molar-refractivity contribution in [1.29, 1.82) is 0 Å². The summed E-state index contributed by atoms with van der Waals surface area (Å²) in [6.45, 7) is 1.35. The summed E-state index contributed by atoms with van der Waals surface area (Å²) >= 11 is 1.90. The van der Waals surface area contributed by atoms with Crippen molar-refractivity contribution in [2.75, 3.05) is 18.6 Å². The molecule has 0 fully saturated rings. The lowest BCUT2D eigenvalue weighted by molar-refractivity contribution is 0.240. The molecule has 106 valence electrons. The summed E-state index contributed by atoms with van der Waals surface area (Å²) in [5, 5.41) is 5.75. The van der Waals surface area contributed by atoms with Crippen LogP contribution in [0.5, 0.6) is 0 Å². The van der Waals surface area contributed by atoms with Crippen LogP contribution in [0.1, 0.15) is 31.2 Å². The van der Waals surface area contributed by atoms with Gasteiger partial charge in [0.15, 0.2) is 0 Å². The van der Waals surface area contributed by atoms with Crippen molar-refractivity contribution in [2.45, 2.75) is 32.2 Å². The minimum absolute atomic E-state index is 0.0760. The third-order valence-corrected chi connectivity index (χ3v) is 3.55. The van der Waals surface area contributed by atoms with E-state index in [0.29, 0.717) is 6.54 Å². The second-order valence-electron chi connectivity index (χ2n) is 4.50. The number of thioether (sulfide) groups is 1. The van der Waals surface area contributed by atoms with Gasteiger partial charge in [-0.25, -0.2) is 4.79 Å². The number of hydrogen-bond donors (Lipinski definition) is 2. The van der Waals surface area contributed by atoms with Crippen molar-refractivity contribution in [3.63, 3.8) is 0 Å². The van der Waals surface area contributed by atoms with E-state index in [9.17, 15) is 4.79 Å². The highest BCUT2D eigenvalue weighted by Gasteiger charge is 1.99. The maximum absolute atomic E-state index is 11.5. The lowest BCUT2D eigenvalue weighted by Gasteiger charge is -2.07. The Morgan fingerprint density at radius 3 is 2.53 bits per heavy atom. The van der Waals surface area contributed by atoms with Crippen molar-refractivity contribution >= 4 is 17.8 Å². The highest BCUT2D eigenvalue weighted by atomic mass is 32.2. The van der Waals surface area contributed by atoms with Crippen LogP contribution in [0.25, 0.3) is 0 Å². The second-order valence-corrected chi connectivity index (χ2v) is 5.49. The fourth-order valence-electron chi connectivity index (χ4n) is 1.77. The molecule has 0 unspecified atom stereocenters. The molecule has 1 rings (SSSR count). The minimum Gasteiger partial charge on any atom is -0.338 e. The van der Waals surface area contributed by atoms with Gasteiger partial charge in [-0.15, -0.1) is 0 Å². The average Bonchev–Trinajstić information content (AvgIpc) is 2.45. The Bertz CT molecular complexity index is 343. The van der Waals surface area contributed by atoms with Crippen LogP contribution in [0.15, 0.2) is 30.3 Å². The molecular formula is C15H24N2OS. The van der Waals surface area contributed by atoms with Gasteiger partial charge >= 0.3 is 6.03 Å². The standard InChI is InChI=1S/C15H24N2OS/c1-19-12-8-3-2-7-11-16-15(18)17-13-14-9-5-4-6-10-14/h4-6,9-10H,2-3,7-8,11-13H2,1H3,(H2,16,17,18). The van der Waals surface area contributed by atoms with E-state index in [-0.39, 0.29) is 6.03 Å². The quantitative estimate of drug-likeness (QED) is 0.681. The fraction of sp³-hybridized carbons (Fsp3) is 0.533. The van der Waals surface area contributed by atoms with Gasteiger partial charge < -0.3 is 10.6 Å². The van der Waals surface area contributed by atoms with E-state index in [0.717, 1.165) is 18.5 Å². The Morgan fingerprint density at radius 1 is 1.05 bits per heavy atom. The third kappa shape index (κ3) is 8.54. The molecule has 0 heterocycles. The summed E-state index contributed by atoms with van der Waals surface area (Å²) in [5.41, 5.74) is 1.12. The van der Waals surface area contributed by atoms with Crippen LogP contribution in [0.2, 0.25) is 0 Å². The number of unbranched alkanes of at least 4 members (excludes halogenated alkanes) is 3. The predicted molar refractivity (Wildman–Crippen MR) is 83.5 cm³/mol. The number of hydrogen-bond acceptors (Lipinski definition) is 2. The van der Waals surface area contributed by atoms with Crippen LogP contribution in [0, 0.1) is 0 Å². The van der Waals surface area contributed by atoms with Crippen LogP contribution in [0.3, 0.4) is 0 Å². The molecule has 0 spiro atoms. The number of urea groups is 1. The molecule has 0 aromatic heterocycles. The third-order valence-electron chi connectivity index (χ3n) is 2.86. The number of benzene rings is 1. The molecule has 0 radical (unpaired) electrons. The van der Waals surface area contributed by atoms with Crippen LogP contribution in [-0.4, -0.2) is 24.6 Å². The van der Waals surface area contributed by atoms with E-state index in [1.165, 1.54) is 25.0 Å². The lowest BCUT2D eigenvalue weighted by Crippen LogP contribution is -2.35. The van der Waals surface area contributed by atoms with Crippen molar-refractivity contribution in [1.82, 2.24) is 10.6 Å². The highest BCUT2D eigenvalue weighted by molar-refractivity contribution is 7.98. The first-order valence-corrected chi connectivity index (χ1v) is 8.27. The van der Waals surface area contributed by atoms with Gasteiger partial charge in [-0.05, 0) is 30.4 Å². The molecule has 19 heavy (non-hydrogen) atoms. The lowest BCUT2D eigenvalue weighted by atomic mass is 10.2. The van der Waals surface area contributed by atoms with E-state index < -0.39 is 0 Å². The average molecular weight is 280 g/mol. The topological polar surface area (TPSA) is 41.1 Å².